The highest BCUT2D eigenvalue weighted by atomic mass is 16.5. The minimum Gasteiger partial charge on any atom is -0.481 e. The lowest BCUT2D eigenvalue weighted by atomic mass is 9.98. The van der Waals surface area contributed by atoms with Gasteiger partial charge in [-0.15, -0.1) is 0 Å². The van der Waals surface area contributed by atoms with E-state index in [0.717, 1.165) is 25.9 Å². The van der Waals surface area contributed by atoms with Crippen LogP contribution in [0.4, 0.5) is 0 Å². The van der Waals surface area contributed by atoms with Gasteiger partial charge in [-0.25, -0.2) is 0 Å². The summed E-state index contributed by atoms with van der Waals surface area (Å²) in [5.41, 5.74) is -0.466. The molecule has 1 amide bonds. The zero-order chi connectivity index (χ0) is 13.6. The maximum atomic E-state index is 11.7. The van der Waals surface area contributed by atoms with E-state index in [4.69, 9.17) is 9.84 Å². The molecular weight excluding hydrogens is 234 g/mol. The third kappa shape index (κ3) is 6.00. The van der Waals surface area contributed by atoms with Gasteiger partial charge in [-0.3, -0.25) is 9.59 Å². The van der Waals surface area contributed by atoms with Gasteiger partial charge in [-0.1, -0.05) is 0 Å². The van der Waals surface area contributed by atoms with Crippen molar-refractivity contribution in [2.75, 3.05) is 6.61 Å². The summed E-state index contributed by atoms with van der Waals surface area (Å²) < 4.78 is 5.45. The smallest absolute Gasteiger partial charge is 0.303 e. The third-order valence-electron chi connectivity index (χ3n) is 3.16. The highest BCUT2D eigenvalue weighted by molar-refractivity contribution is 5.76. The summed E-state index contributed by atoms with van der Waals surface area (Å²) in [5.74, 6) is -0.863. The number of carbonyl (C=O) groups is 2. The molecule has 0 spiro atoms. The minimum atomic E-state index is -0.836. The van der Waals surface area contributed by atoms with Gasteiger partial charge in [0.2, 0.25) is 5.91 Å². The van der Waals surface area contributed by atoms with E-state index in [2.05, 4.69) is 5.32 Å². The number of hydrogen-bond donors (Lipinski definition) is 2. The number of carboxylic acid groups (broad SMARTS) is 1. The Bertz CT molecular complexity index is 295. The Hall–Kier alpha value is -1.10. The van der Waals surface area contributed by atoms with Gasteiger partial charge in [0, 0.05) is 25.0 Å². The van der Waals surface area contributed by atoms with Gasteiger partial charge in [0.25, 0.3) is 0 Å². The molecule has 0 aromatic rings. The highest BCUT2D eigenvalue weighted by Crippen LogP contribution is 2.17. The second-order valence-electron chi connectivity index (χ2n) is 5.50. The number of amides is 1. The van der Waals surface area contributed by atoms with Crippen molar-refractivity contribution in [3.63, 3.8) is 0 Å². The van der Waals surface area contributed by atoms with Crippen LogP contribution in [0.15, 0.2) is 0 Å². The van der Waals surface area contributed by atoms with Crippen molar-refractivity contribution in [2.24, 2.45) is 0 Å². The number of ether oxygens (including phenoxy) is 1. The summed E-state index contributed by atoms with van der Waals surface area (Å²) in [6.45, 7) is 4.50. The average Bonchev–Trinajstić information content (AvgIpc) is 2.76. The van der Waals surface area contributed by atoms with Crippen molar-refractivity contribution < 1.29 is 19.4 Å². The minimum absolute atomic E-state index is 0.0270. The van der Waals surface area contributed by atoms with E-state index in [0.29, 0.717) is 12.8 Å². The molecule has 1 atom stereocenters. The maximum absolute atomic E-state index is 11.7. The number of carboxylic acids is 1. The summed E-state index contributed by atoms with van der Waals surface area (Å²) >= 11 is 0. The molecule has 1 rings (SSSR count). The van der Waals surface area contributed by atoms with Crippen molar-refractivity contribution in [3.05, 3.63) is 0 Å². The van der Waals surface area contributed by atoms with Gasteiger partial charge in [0.05, 0.1) is 6.10 Å². The number of carbonyl (C=O) groups excluding carboxylic acids is 1. The van der Waals surface area contributed by atoms with E-state index >= 15 is 0 Å². The molecule has 0 bridgehead atoms. The largest absolute Gasteiger partial charge is 0.481 e. The quantitative estimate of drug-likeness (QED) is 0.728. The first kappa shape index (κ1) is 15.0. The molecule has 1 heterocycles. The summed E-state index contributed by atoms with van der Waals surface area (Å²) in [4.78, 5) is 22.2. The van der Waals surface area contributed by atoms with Crippen molar-refractivity contribution >= 4 is 11.9 Å². The van der Waals surface area contributed by atoms with E-state index in [-0.39, 0.29) is 18.4 Å². The molecule has 0 saturated carbocycles. The molecule has 1 unspecified atom stereocenters. The predicted octanol–water partition coefficient (Wildman–Crippen LogP) is 1.71. The van der Waals surface area contributed by atoms with Gasteiger partial charge in [-0.05, 0) is 39.5 Å². The molecule has 5 heteroatoms. The lowest BCUT2D eigenvalue weighted by molar-refractivity contribution is -0.137. The molecule has 1 aliphatic heterocycles. The summed E-state index contributed by atoms with van der Waals surface area (Å²) in [6.07, 6.45) is 4.04. The fourth-order valence-corrected chi connectivity index (χ4v) is 2.09. The lowest BCUT2D eigenvalue weighted by Crippen LogP contribution is -2.43. The van der Waals surface area contributed by atoms with Crippen LogP contribution in [0.1, 0.15) is 52.4 Å². The molecule has 0 aromatic heterocycles. The monoisotopic (exact) mass is 257 g/mol. The Balaban J connectivity index is 2.22. The topological polar surface area (TPSA) is 75.6 Å². The number of rotatable bonds is 7. The molecule has 104 valence electrons. The Morgan fingerprint density at radius 3 is 2.67 bits per heavy atom. The summed E-state index contributed by atoms with van der Waals surface area (Å²) in [5, 5.41) is 11.5. The summed E-state index contributed by atoms with van der Waals surface area (Å²) in [6, 6.07) is 0. The average molecular weight is 257 g/mol. The van der Waals surface area contributed by atoms with Crippen LogP contribution in [0, 0.1) is 0 Å². The molecule has 1 saturated heterocycles. The van der Waals surface area contributed by atoms with Gasteiger partial charge in [0.15, 0.2) is 0 Å². The van der Waals surface area contributed by atoms with E-state index in [1.165, 1.54) is 0 Å². The molecule has 1 fully saturated rings. The van der Waals surface area contributed by atoms with Crippen molar-refractivity contribution in [1.82, 2.24) is 5.32 Å². The van der Waals surface area contributed by atoms with Crippen LogP contribution in [-0.4, -0.2) is 35.2 Å². The summed E-state index contributed by atoms with van der Waals surface area (Å²) in [7, 11) is 0. The van der Waals surface area contributed by atoms with E-state index in [1.54, 1.807) is 0 Å². The molecule has 0 radical (unpaired) electrons. The van der Waals surface area contributed by atoms with E-state index < -0.39 is 11.5 Å². The number of aliphatic carboxylic acids is 1. The fraction of sp³-hybridized carbons (Fsp3) is 0.846. The Labute approximate surface area is 108 Å². The molecule has 2 N–H and O–H groups in total. The Morgan fingerprint density at radius 1 is 1.39 bits per heavy atom. The van der Waals surface area contributed by atoms with E-state index in [9.17, 15) is 9.59 Å². The van der Waals surface area contributed by atoms with Crippen molar-refractivity contribution in [1.29, 1.82) is 0 Å². The zero-order valence-electron chi connectivity index (χ0n) is 11.2. The van der Waals surface area contributed by atoms with Crippen LogP contribution < -0.4 is 5.32 Å². The third-order valence-corrected chi connectivity index (χ3v) is 3.16. The first-order valence-corrected chi connectivity index (χ1v) is 6.53. The standard InChI is InChI=1S/C13H23NO4/c1-13(2,8-7-12(16)17)14-11(15)6-5-10-4-3-9-18-10/h10H,3-9H2,1-2H3,(H,14,15)(H,16,17). The fourth-order valence-electron chi connectivity index (χ4n) is 2.09. The highest BCUT2D eigenvalue weighted by Gasteiger charge is 2.22. The number of hydrogen-bond acceptors (Lipinski definition) is 3. The van der Waals surface area contributed by atoms with Gasteiger partial charge < -0.3 is 15.2 Å². The maximum Gasteiger partial charge on any atom is 0.303 e. The Morgan fingerprint density at radius 2 is 2.11 bits per heavy atom. The SMILES string of the molecule is CC(C)(CCC(=O)O)NC(=O)CCC1CCCO1. The second-order valence-corrected chi connectivity index (χ2v) is 5.50. The van der Waals surface area contributed by atoms with E-state index in [1.807, 2.05) is 13.8 Å². The number of nitrogens with one attached hydrogen (secondary N) is 1. The van der Waals surface area contributed by atoms with Gasteiger partial charge in [-0.2, -0.15) is 0 Å². The normalized spacial score (nSPS) is 19.8. The zero-order valence-corrected chi connectivity index (χ0v) is 11.2. The van der Waals surface area contributed by atoms with Crippen LogP contribution >= 0.6 is 0 Å². The van der Waals surface area contributed by atoms with Crippen molar-refractivity contribution in [2.45, 2.75) is 64.0 Å². The second kappa shape index (κ2) is 6.73. The molecular formula is C13H23NO4. The van der Waals surface area contributed by atoms with Gasteiger partial charge in [0.1, 0.15) is 0 Å². The van der Waals surface area contributed by atoms with Crippen LogP contribution in [0.25, 0.3) is 0 Å². The van der Waals surface area contributed by atoms with Crippen LogP contribution in [0.2, 0.25) is 0 Å². The van der Waals surface area contributed by atoms with Crippen LogP contribution in [0.5, 0.6) is 0 Å². The van der Waals surface area contributed by atoms with Gasteiger partial charge >= 0.3 is 5.97 Å². The molecule has 0 aliphatic carbocycles. The first-order valence-electron chi connectivity index (χ1n) is 6.53. The van der Waals surface area contributed by atoms with Crippen LogP contribution in [-0.2, 0) is 14.3 Å². The molecule has 5 nitrogen and oxygen atoms in total. The molecule has 1 aliphatic rings. The molecule has 18 heavy (non-hydrogen) atoms. The van der Waals surface area contributed by atoms with Crippen molar-refractivity contribution in [3.8, 4) is 0 Å². The predicted molar refractivity (Wildman–Crippen MR) is 67.3 cm³/mol. The lowest BCUT2D eigenvalue weighted by Gasteiger charge is -2.26. The first-order chi connectivity index (χ1) is 8.39. The Kier molecular flexibility index (Phi) is 5.59. The molecule has 0 aromatic carbocycles. The van der Waals surface area contributed by atoms with Crippen LogP contribution in [0.3, 0.4) is 0 Å².